The Bertz CT molecular complexity index is 480. The first-order valence-electron chi connectivity index (χ1n) is 5.73. The summed E-state index contributed by atoms with van der Waals surface area (Å²) in [7, 11) is 0. The minimum atomic E-state index is -1.11. The van der Waals surface area contributed by atoms with Crippen molar-refractivity contribution in [2.75, 3.05) is 0 Å². The fraction of sp³-hybridized carbons (Fsp3) is 0.385. The summed E-state index contributed by atoms with van der Waals surface area (Å²) < 4.78 is 0. The average Bonchev–Trinajstić information content (AvgIpc) is 3.02. The Balaban J connectivity index is 1.82. The van der Waals surface area contributed by atoms with Crippen LogP contribution in [0, 0.1) is 5.41 Å². The van der Waals surface area contributed by atoms with Gasteiger partial charge in [0.1, 0.15) is 5.41 Å². The molecule has 4 nitrogen and oxygen atoms in total. The summed E-state index contributed by atoms with van der Waals surface area (Å²) in [5.41, 5.74) is 1.14. The van der Waals surface area contributed by atoms with Gasteiger partial charge in [0.05, 0.1) is 0 Å². The highest BCUT2D eigenvalue weighted by Gasteiger charge is 2.58. The lowest BCUT2D eigenvalue weighted by atomic mass is 10.1. The second-order valence-electron chi connectivity index (χ2n) is 4.82. The third-order valence-electron chi connectivity index (χ3n) is 3.70. The van der Waals surface area contributed by atoms with Gasteiger partial charge in [0, 0.05) is 13.1 Å². The Labute approximate surface area is 98.9 Å². The number of carbonyl (C=O) groups excluding carboxylic acids is 1. The van der Waals surface area contributed by atoms with Crippen molar-refractivity contribution in [2.24, 2.45) is 5.41 Å². The summed E-state index contributed by atoms with van der Waals surface area (Å²) in [6, 6.07) is 7.86. The second-order valence-corrected chi connectivity index (χ2v) is 4.82. The average molecular weight is 231 g/mol. The Kier molecular flexibility index (Phi) is 2.02. The summed E-state index contributed by atoms with van der Waals surface area (Å²) in [6.07, 6.45) is 0.960. The molecule has 1 aromatic carbocycles. The van der Waals surface area contributed by atoms with Crippen molar-refractivity contribution in [3.8, 4) is 0 Å². The van der Waals surface area contributed by atoms with Crippen LogP contribution in [0.25, 0.3) is 0 Å². The van der Waals surface area contributed by atoms with Crippen molar-refractivity contribution >= 4 is 11.9 Å². The van der Waals surface area contributed by atoms with Crippen LogP contribution in [-0.4, -0.2) is 21.9 Å². The first-order chi connectivity index (χ1) is 8.13. The Morgan fingerprint density at radius 3 is 2.06 bits per heavy atom. The lowest BCUT2D eigenvalue weighted by Gasteiger charge is -2.19. The molecule has 0 saturated heterocycles. The molecule has 1 aliphatic heterocycles. The largest absolute Gasteiger partial charge is 0.480 e. The minimum Gasteiger partial charge on any atom is -0.480 e. The normalized spacial score (nSPS) is 19.9. The number of benzene rings is 1. The van der Waals surface area contributed by atoms with Crippen LogP contribution in [0.15, 0.2) is 24.3 Å². The number of carboxylic acid groups (broad SMARTS) is 1. The summed E-state index contributed by atoms with van der Waals surface area (Å²) in [4.78, 5) is 25.0. The van der Waals surface area contributed by atoms with Crippen molar-refractivity contribution in [1.82, 2.24) is 4.90 Å². The molecule has 0 atom stereocenters. The van der Waals surface area contributed by atoms with E-state index in [9.17, 15) is 9.59 Å². The van der Waals surface area contributed by atoms with E-state index in [0.717, 1.165) is 11.1 Å². The van der Waals surface area contributed by atoms with Crippen molar-refractivity contribution in [2.45, 2.75) is 25.9 Å². The smallest absolute Gasteiger partial charge is 0.319 e. The van der Waals surface area contributed by atoms with Crippen molar-refractivity contribution in [3.05, 3.63) is 35.4 Å². The van der Waals surface area contributed by atoms with Gasteiger partial charge in [-0.2, -0.15) is 0 Å². The molecule has 1 heterocycles. The Morgan fingerprint density at radius 1 is 1.12 bits per heavy atom. The van der Waals surface area contributed by atoms with Crippen LogP contribution < -0.4 is 0 Å². The SMILES string of the molecule is O=C(O)C1(C(=O)N2Cc3ccccc3C2)CC1. The maximum atomic E-state index is 12.2. The van der Waals surface area contributed by atoms with Gasteiger partial charge in [-0.25, -0.2) is 0 Å². The van der Waals surface area contributed by atoms with E-state index in [1.54, 1.807) is 4.90 Å². The van der Waals surface area contributed by atoms with Gasteiger partial charge in [-0.1, -0.05) is 24.3 Å². The molecule has 1 fully saturated rings. The van der Waals surface area contributed by atoms with Crippen molar-refractivity contribution < 1.29 is 14.7 Å². The fourth-order valence-electron chi connectivity index (χ4n) is 2.42. The summed E-state index contributed by atoms with van der Waals surface area (Å²) in [5, 5.41) is 9.10. The molecule has 1 aliphatic carbocycles. The zero-order chi connectivity index (χ0) is 12.0. The maximum absolute atomic E-state index is 12.2. The van der Waals surface area contributed by atoms with Gasteiger partial charge in [0.25, 0.3) is 0 Å². The van der Waals surface area contributed by atoms with Gasteiger partial charge in [0.15, 0.2) is 0 Å². The highest BCUT2D eigenvalue weighted by molar-refractivity contribution is 6.04. The minimum absolute atomic E-state index is 0.221. The van der Waals surface area contributed by atoms with Crippen LogP contribution in [-0.2, 0) is 22.7 Å². The number of fused-ring (bicyclic) bond motifs is 1. The van der Waals surface area contributed by atoms with Crippen LogP contribution in [0.5, 0.6) is 0 Å². The van der Waals surface area contributed by atoms with Gasteiger partial charge >= 0.3 is 5.97 Å². The predicted molar refractivity (Wildman–Crippen MR) is 60.0 cm³/mol. The fourth-order valence-corrected chi connectivity index (χ4v) is 2.42. The van der Waals surface area contributed by atoms with Gasteiger partial charge in [0.2, 0.25) is 5.91 Å². The molecule has 0 bridgehead atoms. The third-order valence-corrected chi connectivity index (χ3v) is 3.70. The quantitative estimate of drug-likeness (QED) is 0.782. The van der Waals surface area contributed by atoms with Crippen LogP contribution in [0.4, 0.5) is 0 Å². The number of carbonyl (C=O) groups is 2. The first-order valence-corrected chi connectivity index (χ1v) is 5.73. The van der Waals surface area contributed by atoms with Gasteiger partial charge < -0.3 is 10.0 Å². The summed E-state index contributed by atoms with van der Waals surface area (Å²) >= 11 is 0. The standard InChI is InChI=1S/C13H13NO3/c15-11(13(5-6-13)12(16)17)14-7-9-3-1-2-4-10(9)8-14/h1-4H,5-8H2,(H,16,17). The molecule has 0 aromatic heterocycles. The molecule has 0 unspecified atom stereocenters. The highest BCUT2D eigenvalue weighted by Crippen LogP contribution is 2.48. The van der Waals surface area contributed by atoms with Crippen molar-refractivity contribution in [3.63, 3.8) is 0 Å². The molecular formula is C13H13NO3. The number of hydrogen-bond acceptors (Lipinski definition) is 2. The van der Waals surface area contributed by atoms with Crippen molar-refractivity contribution in [1.29, 1.82) is 0 Å². The van der Waals surface area contributed by atoms with Crippen LogP contribution in [0.1, 0.15) is 24.0 Å². The van der Waals surface area contributed by atoms with E-state index in [4.69, 9.17) is 5.11 Å². The maximum Gasteiger partial charge on any atom is 0.319 e. The van der Waals surface area contributed by atoms with Crippen LogP contribution >= 0.6 is 0 Å². The Morgan fingerprint density at radius 2 is 1.65 bits per heavy atom. The number of rotatable bonds is 2. The molecule has 3 rings (SSSR count). The molecule has 1 N–H and O–H groups in total. The molecule has 1 saturated carbocycles. The van der Waals surface area contributed by atoms with Gasteiger partial charge in [-0.05, 0) is 24.0 Å². The molecule has 1 aromatic rings. The summed E-state index contributed by atoms with van der Waals surface area (Å²) in [6.45, 7) is 1.09. The lowest BCUT2D eigenvalue weighted by Crippen LogP contribution is -2.37. The number of amides is 1. The van der Waals surface area contributed by atoms with Crippen LogP contribution in [0.2, 0.25) is 0 Å². The second kappa shape index (κ2) is 3.32. The summed E-state index contributed by atoms with van der Waals surface area (Å²) in [5.74, 6) is -1.19. The van der Waals surface area contributed by atoms with E-state index in [0.29, 0.717) is 25.9 Å². The zero-order valence-corrected chi connectivity index (χ0v) is 9.35. The monoisotopic (exact) mass is 231 g/mol. The van der Waals surface area contributed by atoms with Gasteiger partial charge in [-0.15, -0.1) is 0 Å². The zero-order valence-electron chi connectivity index (χ0n) is 9.35. The van der Waals surface area contributed by atoms with E-state index in [2.05, 4.69) is 0 Å². The molecule has 4 heteroatoms. The van der Waals surface area contributed by atoms with Crippen LogP contribution in [0.3, 0.4) is 0 Å². The van der Waals surface area contributed by atoms with E-state index >= 15 is 0 Å². The predicted octanol–water partition coefficient (Wildman–Crippen LogP) is 1.39. The molecular weight excluding hydrogens is 218 g/mol. The number of aliphatic carboxylic acids is 1. The molecule has 1 amide bonds. The molecule has 2 aliphatic rings. The third kappa shape index (κ3) is 1.44. The topological polar surface area (TPSA) is 57.6 Å². The Hall–Kier alpha value is -1.84. The van der Waals surface area contributed by atoms with E-state index in [1.807, 2.05) is 24.3 Å². The molecule has 0 radical (unpaired) electrons. The number of hydrogen-bond donors (Lipinski definition) is 1. The highest BCUT2D eigenvalue weighted by atomic mass is 16.4. The van der Waals surface area contributed by atoms with E-state index in [1.165, 1.54) is 0 Å². The number of carboxylic acids is 1. The van der Waals surface area contributed by atoms with Gasteiger partial charge in [-0.3, -0.25) is 9.59 Å². The van der Waals surface area contributed by atoms with E-state index in [-0.39, 0.29) is 5.91 Å². The molecule has 17 heavy (non-hydrogen) atoms. The molecule has 88 valence electrons. The first kappa shape index (κ1) is 10.3. The lowest BCUT2D eigenvalue weighted by molar-refractivity contribution is -0.153. The number of nitrogens with zero attached hydrogens (tertiary/aromatic N) is 1. The molecule has 0 spiro atoms. The van der Waals surface area contributed by atoms with E-state index < -0.39 is 11.4 Å².